The van der Waals surface area contributed by atoms with Crippen LogP contribution in [0.25, 0.3) is 0 Å². The van der Waals surface area contributed by atoms with Crippen LogP contribution >= 0.6 is 11.6 Å². The van der Waals surface area contributed by atoms with Crippen molar-refractivity contribution in [3.8, 4) is 5.75 Å². The van der Waals surface area contributed by atoms with E-state index in [1.165, 1.54) is 0 Å². The van der Waals surface area contributed by atoms with Gasteiger partial charge >= 0.3 is 0 Å². The number of amides is 1. The van der Waals surface area contributed by atoms with Gasteiger partial charge in [-0.1, -0.05) is 23.7 Å². The third kappa shape index (κ3) is 4.75. The molecule has 2 aromatic heterocycles. The molecule has 1 aliphatic rings. The lowest BCUT2D eigenvalue weighted by Gasteiger charge is -2.32. The molecular formula is C21H21ClN4O3. The van der Waals surface area contributed by atoms with Crippen LogP contribution < -0.4 is 4.74 Å². The molecule has 1 fully saturated rings. The Bertz CT molecular complexity index is 963. The standard InChI is InChI=1S/C21H21ClN4O3/c22-17-5-1-2-6-19(17)28-10-7-16-12-18(25-24-16)20-14-26(9-11-29-20)21(27)15-4-3-8-23-13-15/h1-6,8,12-13,20H,7,9-11,14H2,(H,24,25). The monoisotopic (exact) mass is 412 g/mol. The fourth-order valence-electron chi connectivity index (χ4n) is 3.19. The van der Waals surface area contributed by atoms with Gasteiger partial charge in [0.25, 0.3) is 5.91 Å². The van der Waals surface area contributed by atoms with E-state index in [1.54, 1.807) is 35.5 Å². The molecule has 0 aliphatic carbocycles. The van der Waals surface area contributed by atoms with E-state index in [-0.39, 0.29) is 12.0 Å². The molecule has 1 N–H and O–H groups in total. The third-order valence-corrected chi connectivity index (χ3v) is 5.02. The van der Waals surface area contributed by atoms with Gasteiger partial charge in [-0.3, -0.25) is 14.9 Å². The second kappa shape index (κ2) is 9.07. The average molecular weight is 413 g/mol. The minimum absolute atomic E-state index is 0.0460. The molecule has 0 spiro atoms. The summed E-state index contributed by atoms with van der Waals surface area (Å²) in [6, 6.07) is 12.9. The summed E-state index contributed by atoms with van der Waals surface area (Å²) in [6.45, 7) is 1.94. The largest absolute Gasteiger partial charge is 0.492 e. The van der Waals surface area contributed by atoms with Gasteiger partial charge in [0, 0.05) is 31.1 Å². The van der Waals surface area contributed by atoms with Crippen LogP contribution in [-0.4, -0.2) is 52.3 Å². The van der Waals surface area contributed by atoms with Gasteiger partial charge in [-0.15, -0.1) is 0 Å². The molecule has 0 bridgehead atoms. The number of benzene rings is 1. The minimum Gasteiger partial charge on any atom is -0.492 e. The number of pyridine rings is 1. The molecule has 3 heterocycles. The number of nitrogens with zero attached hydrogens (tertiary/aromatic N) is 3. The Hall–Kier alpha value is -2.90. The van der Waals surface area contributed by atoms with Gasteiger partial charge in [0.15, 0.2) is 0 Å². The zero-order chi connectivity index (χ0) is 20.1. The average Bonchev–Trinajstić information content (AvgIpc) is 3.24. The second-order valence-electron chi connectivity index (χ2n) is 6.70. The molecule has 0 saturated carbocycles. The van der Waals surface area contributed by atoms with Crippen molar-refractivity contribution in [3.05, 3.63) is 76.8 Å². The summed E-state index contributed by atoms with van der Waals surface area (Å²) in [7, 11) is 0. The number of aromatic nitrogens is 3. The number of aromatic amines is 1. The van der Waals surface area contributed by atoms with Gasteiger partial charge < -0.3 is 14.4 Å². The van der Waals surface area contributed by atoms with Crippen LogP contribution in [0.4, 0.5) is 0 Å². The summed E-state index contributed by atoms with van der Waals surface area (Å²) in [4.78, 5) is 18.5. The molecule has 29 heavy (non-hydrogen) atoms. The van der Waals surface area contributed by atoms with Crippen LogP contribution in [0, 0.1) is 0 Å². The molecule has 0 radical (unpaired) electrons. The fourth-order valence-corrected chi connectivity index (χ4v) is 3.38. The Morgan fingerprint density at radius 1 is 1.31 bits per heavy atom. The van der Waals surface area contributed by atoms with Gasteiger partial charge in [-0.05, 0) is 30.3 Å². The highest BCUT2D eigenvalue weighted by atomic mass is 35.5. The van der Waals surface area contributed by atoms with Crippen molar-refractivity contribution in [2.75, 3.05) is 26.3 Å². The third-order valence-electron chi connectivity index (χ3n) is 4.71. The molecule has 1 aliphatic heterocycles. The van der Waals surface area contributed by atoms with Crippen molar-refractivity contribution in [1.82, 2.24) is 20.1 Å². The molecule has 8 heteroatoms. The molecule has 150 valence electrons. The SMILES string of the molecule is O=C(c1cccnc1)N1CCOC(c2cc(CCOc3ccccc3Cl)[nH]n2)C1. The van der Waals surface area contributed by atoms with Crippen molar-refractivity contribution in [1.29, 1.82) is 0 Å². The minimum atomic E-state index is -0.265. The van der Waals surface area contributed by atoms with Crippen molar-refractivity contribution in [2.45, 2.75) is 12.5 Å². The van der Waals surface area contributed by atoms with Crippen molar-refractivity contribution >= 4 is 17.5 Å². The lowest BCUT2D eigenvalue weighted by Crippen LogP contribution is -2.42. The molecule has 3 aromatic rings. The maximum absolute atomic E-state index is 12.7. The highest BCUT2D eigenvalue weighted by Gasteiger charge is 2.27. The van der Waals surface area contributed by atoms with Gasteiger partial charge in [-0.2, -0.15) is 5.10 Å². The first-order valence-corrected chi connectivity index (χ1v) is 9.81. The topological polar surface area (TPSA) is 80.3 Å². The van der Waals surface area contributed by atoms with E-state index in [1.807, 2.05) is 24.3 Å². The molecule has 4 rings (SSSR count). The van der Waals surface area contributed by atoms with Crippen molar-refractivity contribution < 1.29 is 14.3 Å². The summed E-state index contributed by atoms with van der Waals surface area (Å²) in [5, 5.41) is 7.98. The Morgan fingerprint density at radius 2 is 2.21 bits per heavy atom. The lowest BCUT2D eigenvalue weighted by atomic mass is 10.1. The van der Waals surface area contributed by atoms with E-state index >= 15 is 0 Å². The summed E-state index contributed by atoms with van der Waals surface area (Å²) in [5.41, 5.74) is 2.29. The highest BCUT2D eigenvalue weighted by molar-refractivity contribution is 6.32. The number of rotatable bonds is 6. The number of halogens is 1. The van der Waals surface area contributed by atoms with Crippen LogP contribution in [0.2, 0.25) is 5.02 Å². The summed E-state index contributed by atoms with van der Waals surface area (Å²) >= 11 is 6.10. The normalized spacial score (nSPS) is 16.6. The summed E-state index contributed by atoms with van der Waals surface area (Å²) in [5.74, 6) is 0.615. The molecule has 1 unspecified atom stereocenters. The Labute approximate surface area is 173 Å². The summed E-state index contributed by atoms with van der Waals surface area (Å²) in [6.07, 6.45) is 3.63. The number of nitrogens with one attached hydrogen (secondary N) is 1. The Balaban J connectivity index is 1.34. The van der Waals surface area contributed by atoms with Crippen LogP contribution in [0.15, 0.2) is 54.9 Å². The van der Waals surface area contributed by atoms with E-state index < -0.39 is 0 Å². The number of hydrogen-bond acceptors (Lipinski definition) is 5. The van der Waals surface area contributed by atoms with E-state index in [4.69, 9.17) is 21.1 Å². The van der Waals surface area contributed by atoms with Crippen LogP contribution in [0.1, 0.15) is 27.8 Å². The lowest BCUT2D eigenvalue weighted by molar-refractivity contribution is -0.0247. The Morgan fingerprint density at radius 3 is 3.03 bits per heavy atom. The van der Waals surface area contributed by atoms with Gasteiger partial charge in [0.1, 0.15) is 11.9 Å². The first kappa shape index (κ1) is 19.4. The zero-order valence-electron chi connectivity index (χ0n) is 15.8. The van der Waals surface area contributed by atoms with E-state index in [0.717, 1.165) is 11.4 Å². The van der Waals surface area contributed by atoms with E-state index in [9.17, 15) is 4.79 Å². The number of carbonyl (C=O) groups is 1. The predicted octanol–water partition coefficient (Wildman–Crippen LogP) is 3.29. The fraction of sp³-hybridized carbons (Fsp3) is 0.286. The molecule has 1 aromatic carbocycles. The Kier molecular flexibility index (Phi) is 6.07. The predicted molar refractivity (Wildman–Crippen MR) is 108 cm³/mol. The second-order valence-corrected chi connectivity index (χ2v) is 7.11. The number of hydrogen-bond donors (Lipinski definition) is 1. The molecular weight excluding hydrogens is 392 g/mol. The first-order chi connectivity index (χ1) is 14.2. The summed E-state index contributed by atoms with van der Waals surface area (Å²) < 4.78 is 11.6. The maximum atomic E-state index is 12.7. The molecule has 1 amide bonds. The zero-order valence-corrected chi connectivity index (χ0v) is 16.5. The number of para-hydroxylation sites is 1. The quantitative estimate of drug-likeness (QED) is 0.672. The van der Waals surface area contributed by atoms with Gasteiger partial charge in [0.2, 0.25) is 0 Å². The number of H-pyrrole nitrogens is 1. The van der Waals surface area contributed by atoms with Crippen molar-refractivity contribution in [3.63, 3.8) is 0 Å². The smallest absolute Gasteiger partial charge is 0.255 e. The molecule has 1 saturated heterocycles. The number of carbonyl (C=O) groups excluding carboxylic acids is 1. The number of ether oxygens (including phenoxy) is 2. The van der Waals surface area contributed by atoms with Crippen LogP contribution in [0.3, 0.4) is 0 Å². The van der Waals surface area contributed by atoms with E-state index in [0.29, 0.717) is 49.1 Å². The maximum Gasteiger partial charge on any atom is 0.255 e. The van der Waals surface area contributed by atoms with Crippen LogP contribution in [-0.2, 0) is 11.2 Å². The first-order valence-electron chi connectivity index (χ1n) is 9.43. The molecule has 1 atom stereocenters. The van der Waals surface area contributed by atoms with E-state index in [2.05, 4.69) is 15.2 Å². The van der Waals surface area contributed by atoms with Gasteiger partial charge in [0.05, 0.1) is 36.0 Å². The van der Waals surface area contributed by atoms with Crippen molar-refractivity contribution in [2.24, 2.45) is 0 Å². The van der Waals surface area contributed by atoms with Crippen LogP contribution in [0.5, 0.6) is 5.75 Å². The number of morpholine rings is 1. The highest BCUT2D eigenvalue weighted by Crippen LogP contribution is 2.24. The molecule has 7 nitrogen and oxygen atoms in total. The van der Waals surface area contributed by atoms with Gasteiger partial charge in [-0.25, -0.2) is 0 Å².